The number of nitrogens with one attached hydrogen (secondary N) is 1. The van der Waals surface area contributed by atoms with Crippen LogP contribution in [0.3, 0.4) is 0 Å². The van der Waals surface area contributed by atoms with Gasteiger partial charge in [0, 0.05) is 31.7 Å². The molecule has 0 bridgehead atoms. The normalized spacial score (nSPS) is 14.8. The molecule has 0 spiro atoms. The molecule has 0 atom stereocenters. The van der Waals surface area contributed by atoms with Crippen LogP contribution in [-0.4, -0.2) is 44.0 Å². The molecule has 1 saturated heterocycles. The van der Waals surface area contributed by atoms with Crippen molar-refractivity contribution in [3.8, 4) is 11.3 Å². The Morgan fingerprint density at radius 3 is 2.45 bits per heavy atom. The van der Waals surface area contributed by atoms with E-state index >= 15 is 0 Å². The van der Waals surface area contributed by atoms with Gasteiger partial charge in [0.1, 0.15) is 5.76 Å². The summed E-state index contributed by atoms with van der Waals surface area (Å²) in [5.74, 6) is 0.777. The lowest BCUT2D eigenvalue weighted by molar-refractivity contribution is 0.0997. The Labute approximate surface area is 171 Å². The molecule has 1 amide bonds. The zero-order chi connectivity index (χ0) is 20.4. The Balaban J connectivity index is 1.52. The van der Waals surface area contributed by atoms with E-state index in [1.165, 1.54) is 11.1 Å². The number of piperazine rings is 1. The monoisotopic (exact) mass is 389 g/mol. The third-order valence-corrected chi connectivity index (χ3v) is 5.62. The molecule has 29 heavy (non-hydrogen) atoms. The second kappa shape index (κ2) is 8.13. The van der Waals surface area contributed by atoms with Crippen LogP contribution < -0.4 is 10.2 Å². The molecule has 4 rings (SSSR count). The predicted molar refractivity (Wildman–Crippen MR) is 118 cm³/mol. The Morgan fingerprint density at radius 2 is 1.69 bits per heavy atom. The highest BCUT2D eigenvalue weighted by molar-refractivity contribution is 6.04. The fourth-order valence-corrected chi connectivity index (χ4v) is 3.60. The van der Waals surface area contributed by atoms with Gasteiger partial charge in [0.15, 0.2) is 5.76 Å². The Hall–Kier alpha value is -3.05. The summed E-state index contributed by atoms with van der Waals surface area (Å²) in [6.07, 6.45) is 0. The van der Waals surface area contributed by atoms with Crippen LogP contribution in [0, 0.1) is 13.8 Å². The first-order valence-corrected chi connectivity index (χ1v) is 10.0. The smallest absolute Gasteiger partial charge is 0.291 e. The van der Waals surface area contributed by atoms with Crippen LogP contribution in [0.2, 0.25) is 0 Å². The van der Waals surface area contributed by atoms with Crippen LogP contribution in [0.4, 0.5) is 11.4 Å². The highest BCUT2D eigenvalue weighted by Crippen LogP contribution is 2.28. The summed E-state index contributed by atoms with van der Waals surface area (Å²) in [6.45, 7) is 8.07. The molecule has 5 heteroatoms. The molecule has 1 aliphatic heterocycles. The SMILES string of the molecule is Cc1ccc(-c2ccc(C(=O)Nc3ccccc3N3CCN(C)CC3)o2)cc1C. The van der Waals surface area contributed by atoms with Crippen LogP contribution in [0.5, 0.6) is 0 Å². The van der Waals surface area contributed by atoms with Crippen LogP contribution in [0.25, 0.3) is 11.3 Å². The molecule has 5 nitrogen and oxygen atoms in total. The topological polar surface area (TPSA) is 48.7 Å². The van der Waals surface area contributed by atoms with Crippen molar-refractivity contribution in [3.63, 3.8) is 0 Å². The van der Waals surface area contributed by atoms with Crippen molar-refractivity contribution < 1.29 is 9.21 Å². The molecule has 2 aromatic carbocycles. The molecule has 1 N–H and O–H groups in total. The number of furan rings is 1. The maximum absolute atomic E-state index is 12.8. The van der Waals surface area contributed by atoms with Crippen LogP contribution in [-0.2, 0) is 0 Å². The lowest BCUT2D eigenvalue weighted by Crippen LogP contribution is -2.44. The van der Waals surface area contributed by atoms with Gasteiger partial charge in [-0.3, -0.25) is 4.79 Å². The number of hydrogen-bond donors (Lipinski definition) is 1. The fraction of sp³-hybridized carbons (Fsp3) is 0.292. The van der Waals surface area contributed by atoms with E-state index in [-0.39, 0.29) is 5.91 Å². The van der Waals surface area contributed by atoms with Crippen LogP contribution in [0.15, 0.2) is 59.0 Å². The minimum absolute atomic E-state index is 0.235. The number of likely N-dealkylation sites (N-methyl/N-ethyl adjacent to an activating group) is 1. The van der Waals surface area contributed by atoms with E-state index in [4.69, 9.17) is 4.42 Å². The predicted octanol–water partition coefficient (Wildman–Crippen LogP) is 4.57. The van der Waals surface area contributed by atoms with Gasteiger partial charge in [-0.05, 0) is 62.4 Å². The van der Waals surface area contributed by atoms with Gasteiger partial charge in [-0.2, -0.15) is 0 Å². The summed E-state index contributed by atoms with van der Waals surface area (Å²) in [5.41, 5.74) is 5.27. The number of nitrogens with zero attached hydrogens (tertiary/aromatic N) is 2. The third kappa shape index (κ3) is 4.20. The van der Waals surface area contributed by atoms with Crippen molar-refractivity contribution in [1.29, 1.82) is 0 Å². The van der Waals surface area contributed by atoms with E-state index in [1.807, 2.05) is 30.3 Å². The first kappa shape index (κ1) is 19.3. The van der Waals surface area contributed by atoms with Gasteiger partial charge in [0.05, 0.1) is 11.4 Å². The lowest BCUT2D eigenvalue weighted by Gasteiger charge is -2.35. The first-order valence-electron chi connectivity index (χ1n) is 10.0. The number of carbonyl (C=O) groups excluding carboxylic acids is 1. The number of para-hydroxylation sites is 2. The molecular formula is C24H27N3O2. The summed E-state index contributed by atoms with van der Waals surface area (Å²) < 4.78 is 5.87. The maximum Gasteiger partial charge on any atom is 0.291 e. The van der Waals surface area contributed by atoms with Crippen LogP contribution in [0.1, 0.15) is 21.7 Å². The molecule has 3 aromatic rings. The van der Waals surface area contributed by atoms with Crippen molar-refractivity contribution in [2.24, 2.45) is 0 Å². The fourth-order valence-electron chi connectivity index (χ4n) is 3.60. The minimum Gasteiger partial charge on any atom is -0.451 e. The van der Waals surface area contributed by atoms with E-state index in [0.717, 1.165) is 43.1 Å². The molecule has 150 valence electrons. The van der Waals surface area contributed by atoms with Gasteiger partial charge in [0.25, 0.3) is 5.91 Å². The summed E-state index contributed by atoms with van der Waals surface area (Å²) in [5, 5.41) is 3.03. The van der Waals surface area contributed by atoms with Crippen LogP contribution >= 0.6 is 0 Å². The summed E-state index contributed by atoms with van der Waals surface area (Å²) in [7, 11) is 2.13. The quantitative estimate of drug-likeness (QED) is 0.710. The maximum atomic E-state index is 12.8. The lowest BCUT2D eigenvalue weighted by atomic mass is 10.1. The largest absolute Gasteiger partial charge is 0.451 e. The summed E-state index contributed by atoms with van der Waals surface area (Å²) >= 11 is 0. The van der Waals surface area contributed by atoms with E-state index in [9.17, 15) is 4.79 Å². The van der Waals surface area contributed by atoms with Gasteiger partial charge in [-0.15, -0.1) is 0 Å². The molecule has 1 aliphatic rings. The van der Waals surface area contributed by atoms with Crippen molar-refractivity contribution in [2.75, 3.05) is 43.4 Å². The summed E-state index contributed by atoms with van der Waals surface area (Å²) in [6, 6.07) is 17.7. The molecule has 0 aliphatic carbocycles. The van der Waals surface area contributed by atoms with Gasteiger partial charge in [0.2, 0.25) is 0 Å². The highest BCUT2D eigenvalue weighted by atomic mass is 16.3. The molecule has 1 aromatic heterocycles. The average molecular weight is 389 g/mol. The second-order valence-electron chi connectivity index (χ2n) is 7.72. The number of anilines is 2. The first-order chi connectivity index (χ1) is 14.0. The van der Waals surface area contributed by atoms with Gasteiger partial charge < -0.3 is 19.5 Å². The summed E-state index contributed by atoms with van der Waals surface area (Å²) in [4.78, 5) is 17.5. The number of hydrogen-bond acceptors (Lipinski definition) is 4. The zero-order valence-electron chi connectivity index (χ0n) is 17.2. The number of amides is 1. The van der Waals surface area contributed by atoms with E-state index in [0.29, 0.717) is 11.5 Å². The van der Waals surface area contributed by atoms with E-state index in [1.54, 1.807) is 6.07 Å². The van der Waals surface area contributed by atoms with Crippen molar-refractivity contribution in [1.82, 2.24) is 4.90 Å². The third-order valence-electron chi connectivity index (χ3n) is 5.62. The van der Waals surface area contributed by atoms with Crippen molar-refractivity contribution in [3.05, 3.63) is 71.5 Å². The zero-order valence-corrected chi connectivity index (χ0v) is 17.2. The standard InChI is InChI=1S/C24H27N3O2/c1-17-8-9-19(16-18(17)2)22-10-11-23(29-22)24(28)25-20-6-4-5-7-21(20)27-14-12-26(3)13-15-27/h4-11,16H,12-15H2,1-3H3,(H,25,28). The van der Waals surface area contributed by atoms with Crippen molar-refractivity contribution in [2.45, 2.75) is 13.8 Å². The second-order valence-corrected chi connectivity index (χ2v) is 7.72. The molecular weight excluding hydrogens is 362 g/mol. The number of benzene rings is 2. The van der Waals surface area contributed by atoms with Crippen molar-refractivity contribution >= 4 is 17.3 Å². The molecule has 0 unspecified atom stereocenters. The molecule has 2 heterocycles. The van der Waals surface area contributed by atoms with Gasteiger partial charge in [-0.25, -0.2) is 0 Å². The number of rotatable bonds is 4. The van der Waals surface area contributed by atoms with Gasteiger partial charge in [-0.1, -0.05) is 24.3 Å². The number of aryl methyl sites for hydroxylation is 2. The Morgan fingerprint density at radius 1 is 0.931 bits per heavy atom. The average Bonchev–Trinajstić information content (AvgIpc) is 3.22. The molecule has 1 fully saturated rings. The number of carbonyl (C=O) groups is 1. The Bertz CT molecular complexity index is 1020. The highest BCUT2D eigenvalue weighted by Gasteiger charge is 2.19. The van der Waals surface area contributed by atoms with Gasteiger partial charge >= 0.3 is 0 Å². The Kier molecular flexibility index (Phi) is 5.41. The minimum atomic E-state index is -0.235. The molecule has 0 radical (unpaired) electrons. The van der Waals surface area contributed by atoms with E-state index < -0.39 is 0 Å². The molecule has 0 saturated carbocycles. The van der Waals surface area contributed by atoms with E-state index in [2.05, 4.69) is 54.2 Å².